The summed E-state index contributed by atoms with van der Waals surface area (Å²) in [6.07, 6.45) is 1.82. The number of carbonyl (C=O) groups excluding carboxylic acids is 2. The Labute approximate surface area is 128 Å². The molecule has 1 saturated heterocycles. The number of piperidine rings is 1. The van der Waals surface area contributed by atoms with E-state index in [1.54, 1.807) is 6.07 Å². The maximum Gasteiger partial charge on any atom is 0.250 e. The molecule has 0 bridgehead atoms. The summed E-state index contributed by atoms with van der Waals surface area (Å²) < 4.78 is 0. The van der Waals surface area contributed by atoms with E-state index in [2.05, 4.69) is 10.2 Å². The number of anilines is 1. The van der Waals surface area contributed by atoms with E-state index in [9.17, 15) is 9.59 Å². The molecule has 6 nitrogen and oxygen atoms in total. The number of primary amides is 1. The maximum absolute atomic E-state index is 12.0. The third-order valence-electron chi connectivity index (χ3n) is 3.52. The molecule has 0 radical (unpaired) electrons. The standard InChI is InChI=1S/C14H19ClN4O2/c15-12-7-10(1-2-11(12)14(17)21)18-13(20)8-19-5-3-9(16)4-6-19/h1-2,7,9H,3-6,8,16H2,(H2,17,21)(H,18,20). The summed E-state index contributed by atoms with van der Waals surface area (Å²) in [5.74, 6) is -0.712. The normalized spacial score (nSPS) is 16.7. The first-order valence-electron chi connectivity index (χ1n) is 6.83. The van der Waals surface area contributed by atoms with Gasteiger partial charge in [-0.05, 0) is 31.0 Å². The minimum Gasteiger partial charge on any atom is -0.366 e. The van der Waals surface area contributed by atoms with Crippen molar-refractivity contribution < 1.29 is 9.59 Å². The third kappa shape index (κ3) is 4.42. The van der Waals surface area contributed by atoms with E-state index in [0.717, 1.165) is 25.9 Å². The molecule has 2 amide bonds. The molecule has 5 N–H and O–H groups in total. The van der Waals surface area contributed by atoms with Crippen LogP contribution < -0.4 is 16.8 Å². The Morgan fingerprint density at radius 3 is 2.57 bits per heavy atom. The molecule has 1 heterocycles. The van der Waals surface area contributed by atoms with Gasteiger partial charge in [0, 0.05) is 24.8 Å². The Bertz CT molecular complexity index is 542. The van der Waals surface area contributed by atoms with Crippen LogP contribution in [0.25, 0.3) is 0 Å². The van der Waals surface area contributed by atoms with Crippen LogP contribution in [-0.2, 0) is 4.79 Å². The zero-order valence-corrected chi connectivity index (χ0v) is 12.4. The number of hydrogen-bond acceptors (Lipinski definition) is 4. The molecule has 2 rings (SSSR count). The predicted octanol–water partition coefficient (Wildman–Crippen LogP) is 0.801. The van der Waals surface area contributed by atoms with Crippen molar-refractivity contribution in [2.24, 2.45) is 11.5 Å². The van der Waals surface area contributed by atoms with Gasteiger partial charge in [-0.25, -0.2) is 0 Å². The molecule has 1 aliphatic heterocycles. The Morgan fingerprint density at radius 1 is 1.33 bits per heavy atom. The minimum absolute atomic E-state index is 0.117. The highest BCUT2D eigenvalue weighted by Gasteiger charge is 2.18. The van der Waals surface area contributed by atoms with Crippen LogP contribution in [0.4, 0.5) is 5.69 Å². The van der Waals surface area contributed by atoms with E-state index in [-0.39, 0.29) is 22.5 Å². The second kappa shape index (κ2) is 6.89. The predicted molar refractivity (Wildman–Crippen MR) is 82.2 cm³/mol. The van der Waals surface area contributed by atoms with Crippen molar-refractivity contribution in [3.8, 4) is 0 Å². The summed E-state index contributed by atoms with van der Waals surface area (Å²) in [6, 6.07) is 4.87. The summed E-state index contributed by atoms with van der Waals surface area (Å²) in [4.78, 5) is 25.1. The topological polar surface area (TPSA) is 101 Å². The van der Waals surface area contributed by atoms with Crippen molar-refractivity contribution in [2.45, 2.75) is 18.9 Å². The summed E-state index contributed by atoms with van der Waals surface area (Å²) in [6.45, 7) is 1.98. The van der Waals surface area contributed by atoms with E-state index >= 15 is 0 Å². The van der Waals surface area contributed by atoms with Crippen molar-refractivity contribution in [1.29, 1.82) is 0 Å². The number of rotatable bonds is 4. The SMILES string of the molecule is NC(=O)c1ccc(NC(=O)CN2CCC(N)CC2)cc1Cl. The van der Waals surface area contributed by atoms with Crippen LogP contribution in [-0.4, -0.2) is 42.4 Å². The van der Waals surface area contributed by atoms with Crippen molar-refractivity contribution in [2.75, 3.05) is 25.0 Å². The zero-order chi connectivity index (χ0) is 15.4. The largest absolute Gasteiger partial charge is 0.366 e. The van der Waals surface area contributed by atoms with Gasteiger partial charge >= 0.3 is 0 Å². The van der Waals surface area contributed by atoms with E-state index in [1.165, 1.54) is 12.1 Å². The first-order chi connectivity index (χ1) is 9.95. The Kier molecular flexibility index (Phi) is 5.17. The number of benzene rings is 1. The maximum atomic E-state index is 12.0. The Balaban J connectivity index is 1.91. The van der Waals surface area contributed by atoms with E-state index < -0.39 is 5.91 Å². The Morgan fingerprint density at radius 2 is 2.00 bits per heavy atom. The molecule has 1 aromatic carbocycles. The van der Waals surface area contributed by atoms with Gasteiger partial charge in [0.1, 0.15) is 0 Å². The van der Waals surface area contributed by atoms with Crippen LogP contribution in [0.1, 0.15) is 23.2 Å². The number of nitrogens with zero attached hydrogens (tertiary/aromatic N) is 1. The smallest absolute Gasteiger partial charge is 0.250 e. The van der Waals surface area contributed by atoms with Gasteiger partial charge in [0.25, 0.3) is 0 Å². The average Bonchev–Trinajstić information content (AvgIpc) is 2.41. The third-order valence-corrected chi connectivity index (χ3v) is 3.83. The lowest BCUT2D eigenvalue weighted by Crippen LogP contribution is -2.43. The highest BCUT2D eigenvalue weighted by Crippen LogP contribution is 2.20. The molecule has 0 aliphatic carbocycles. The molecular formula is C14H19ClN4O2. The zero-order valence-electron chi connectivity index (χ0n) is 11.6. The van der Waals surface area contributed by atoms with Gasteiger partial charge in [-0.3, -0.25) is 14.5 Å². The monoisotopic (exact) mass is 310 g/mol. The van der Waals surface area contributed by atoms with Crippen molar-refractivity contribution >= 4 is 29.1 Å². The summed E-state index contributed by atoms with van der Waals surface area (Å²) in [5, 5.41) is 2.99. The van der Waals surface area contributed by atoms with Crippen LogP contribution in [0, 0.1) is 0 Å². The van der Waals surface area contributed by atoms with Crippen molar-refractivity contribution in [3.63, 3.8) is 0 Å². The van der Waals surface area contributed by atoms with Crippen LogP contribution in [0.2, 0.25) is 5.02 Å². The molecule has 0 spiro atoms. The summed E-state index contributed by atoms with van der Waals surface area (Å²) >= 11 is 5.94. The van der Waals surface area contributed by atoms with E-state index in [4.69, 9.17) is 23.1 Å². The van der Waals surface area contributed by atoms with Crippen molar-refractivity contribution in [3.05, 3.63) is 28.8 Å². The number of likely N-dealkylation sites (tertiary alicyclic amines) is 1. The van der Waals surface area contributed by atoms with E-state index in [0.29, 0.717) is 12.2 Å². The molecule has 0 atom stereocenters. The molecular weight excluding hydrogens is 292 g/mol. The minimum atomic E-state index is -0.595. The quantitative estimate of drug-likeness (QED) is 0.765. The fraction of sp³-hybridized carbons (Fsp3) is 0.429. The molecule has 114 valence electrons. The molecule has 1 aromatic rings. The molecule has 21 heavy (non-hydrogen) atoms. The molecule has 0 saturated carbocycles. The number of hydrogen-bond donors (Lipinski definition) is 3. The number of nitrogens with one attached hydrogen (secondary N) is 1. The fourth-order valence-electron chi connectivity index (χ4n) is 2.31. The fourth-order valence-corrected chi connectivity index (χ4v) is 2.58. The molecule has 0 aromatic heterocycles. The van der Waals surface area contributed by atoms with Gasteiger partial charge in [0.05, 0.1) is 17.1 Å². The van der Waals surface area contributed by atoms with Crippen LogP contribution >= 0.6 is 11.6 Å². The van der Waals surface area contributed by atoms with Gasteiger partial charge in [0.2, 0.25) is 11.8 Å². The highest BCUT2D eigenvalue weighted by atomic mass is 35.5. The van der Waals surface area contributed by atoms with Crippen LogP contribution in [0.3, 0.4) is 0 Å². The van der Waals surface area contributed by atoms with E-state index in [1.807, 2.05) is 0 Å². The number of halogens is 1. The lowest BCUT2D eigenvalue weighted by atomic mass is 10.1. The van der Waals surface area contributed by atoms with Gasteiger partial charge in [-0.1, -0.05) is 11.6 Å². The van der Waals surface area contributed by atoms with Gasteiger partial charge < -0.3 is 16.8 Å². The first-order valence-corrected chi connectivity index (χ1v) is 7.20. The number of nitrogens with two attached hydrogens (primary N) is 2. The second-order valence-electron chi connectivity index (χ2n) is 5.22. The Hall–Kier alpha value is -1.63. The lowest BCUT2D eigenvalue weighted by molar-refractivity contribution is -0.117. The van der Waals surface area contributed by atoms with Crippen LogP contribution in [0.15, 0.2) is 18.2 Å². The number of carbonyl (C=O) groups is 2. The van der Waals surface area contributed by atoms with Crippen molar-refractivity contribution in [1.82, 2.24) is 4.90 Å². The van der Waals surface area contributed by atoms with Gasteiger partial charge in [-0.2, -0.15) is 0 Å². The highest BCUT2D eigenvalue weighted by molar-refractivity contribution is 6.34. The first kappa shape index (κ1) is 15.8. The second-order valence-corrected chi connectivity index (χ2v) is 5.63. The number of amides is 2. The van der Waals surface area contributed by atoms with Gasteiger partial charge in [0.15, 0.2) is 0 Å². The van der Waals surface area contributed by atoms with Gasteiger partial charge in [-0.15, -0.1) is 0 Å². The molecule has 1 aliphatic rings. The summed E-state index contributed by atoms with van der Waals surface area (Å²) in [5.41, 5.74) is 11.8. The molecule has 0 unspecified atom stereocenters. The average molecular weight is 311 g/mol. The van der Waals surface area contributed by atoms with Crippen LogP contribution in [0.5, 0.6) is 0 Å². The molecule has 7 heteroatoms. The molecule has 1 fully saturated rings. The lowest BCUT2D eigenvalue weighted by Gasteiger charge is -2.29. The summed E-state index contributed by atoms with van der Waals surface area (Å²) in [7, 11) is 0.